The molecule has 16 heavy (non-hydrogen) atoms. The Hall–Kier alpha value is -2.13. The Labute approximate surface area is 94.2 Å². The van der Waals surface area contributed by atoms with Crippen LogP contribution in [0.2, 0.25) is 0 Å². The van der Waals surface area contributed by atoms with Crippen LogP contribution in [-0.2, 0) is 0 Å². The summed E-state index contributed by atoms with van der Waals surface area (Å²) in [6.45, 7) is 1.61. The maximum absolute atomic E-state index is 13.8. The van der Waals surface area contributed by atoms with Crippen LogP contribution in [0.15, 0.2) is 41.5 Å². The van der Waals surface area contributed by atoms with Crippen LogP contribution >= 0.6 is 0 Å². The monoisotopic (exact) mass is 214 g/mol. The Morgan fingerprint density at radius 2 is 1.81 bits per heavy atom. The predicted octanol–water partition coefficient (Wildman–Crippen LogP) is 3.45. The van der Waals surface area contributed by atoms with E-state index in [0.717, 1.165) is 0 Å². The molecule has 0 saturated heterocycles. The van der Waals surface area contributed by atoms with E-state index in [0.29, 0.717) is 11.1 Å². The normalized spacial score (nSPS) is 11.0. The van der Waals surface area contributed by atoms with E-state index in [1.807, 2.05) is 6.07 Å². The van der Waals surface area contributed by atoms with Gasteiger partial charge in [0.2, 0.25) is 0 Å². The van der Waals surface area contributed by atoms with Gasteiger partial charge in [-0.05, 0) is 18.1 Å². The van der Waals surface area contributed by atoms with Crippen LogP contribution in [0.1, 0.15) is 25.1 Å². The van der Waals surface area contributed by atoms with Crippen molar-refractivity contribution in [3.05, 3.63) is 47.0 Å². The summed E-state index contributed by atoms with van der Waals surface area (Å²) in [5.41, 5.74) is 1.05. The third kappa shape index (κ3) is 2.93. The zero-order chi connectivity index (χ0) is 12.0. The van der Waals surface area contributed by atoms with E-state index >= 15 is 0 Å². The van der Waals surface area contributed by atoms with E-state index < -0.39 is 6.17 Å². The van der Waals surface area contributed by atoms with E-state index in [4.69, 9.17) is 10.5 Å². The molecule has 0 radical (unpaired) electrons. The van der Waals surface area contributed by atoms with Gasteiger partial charge in [-0.15, -0.1) is 0 Å². The van der Waals surface area contributed by atoms with Crippen molar-refractivity contribution in [1.82, 2.24) is 0 Å². The number of halogens is 1. The summed E-state index contributed by atoms with van der Waals surface area (Å²) in [5, 5.41) is 17.3. The molecule has 0 aliphatic carbocycles. The van der Waals surface area contributed by atoms with Crippen molar-refractivity contribution in [2.45, 2.75) is 19.5 Å². The fraction of sp³-hybridized carbons (Fsp3) is 0.231. The van der Waals surface area contributed by atoms with E-state index in [2.05, 4.69) is 0 Å². The summed E-state index contributed by atoms with van der Waals surface area (Å²) in [4.78, 5) is 0. The Morgan fingerprint density at radius 1 is 1.25 bits per heavy atom. The van der Waals surface area contributed by atoms with E-state index in [1.165, 1.54) is 0 Å². The second-order valence-electron chi connectivity index (χ2n) is 3.46. The Kier molecular flexibility index (Phi) is 4.24. The van der Waals surface area contributed by atoms with Gasteiger partial charge in [0, 0.05) is 6.42 Å². The van der Waals surface area contributed by atoms with Gasteiger partial charge in [0.05, 0.1) is 0 Å². The second-order valence-corrected chi connectivity index (χ2v) is 3.46. The van der Waals surface area contributed by atoms with E-state index in [1.54, 1.807) is 43.3 Å². The summed E-state index contributed by atoms with van der Waals surface area (Å²) in [5.74, 6) is 0. The zero-order valence-electron chi connectivity index (χ0n) is 8.94. The molecule has 2 nitrogen and oxygen atoms in total. The Balaban J connectivity index is 2.82. The van der Waals surface area contributed by atoms with Crippen molar-refractivity contribution in [2.24, 2.45) is 0 Å². The SMILES string of the molecule is CC(CC(F)c1ccccc1)=C(C#N)C#N. The molecule has 0 bridgehead atoms. The molecule has 0 heterocycles. The third-order valence-corrected chi connectivity index (χ3v) is 2.30. The lowest BCUT2D eigenvalue weighted by Gasteiger charge is -2.08. The van der Waals surface area contributed by atoms with Gasteiger partial charge in [-0.3, -0.25) is 0 Å². The molecular weight excluding hydrogens is 203 g/mol. The number of hydrogen-bond acceptors (Lipinski definition) is 2. The zero-order valence-corrected chi connectivity index (χ0v) is 8.94. The topological polar surface area (TPSA) is 47.6 Å². The van der Waals surface area contributed by atoms with Crippen molar-refractivity contribution >= 4 is 0 Å². The average molecular weight is 214 g/mol. The summed E-state index contributed by atoms with van der Waals surface area (Å²) >= 11 is 0. The molecule has 1 aromatic rings. The molecule has 0 aliphatic heterocycles. The number of nitriles is 2. The minimum Gasteiger partial charge on any atom is -0.242 e. The van der Waals surface area contributed by atoms with Crippen molar-refractivity contribution in [1.29, 1.82) is 10.5 Å². The van der Waals surface area contributed by atoms with Crippen LogP contribution in [0.3, 0.4) is 0 Å². The van der Waals surface area contributed by atoms with Gasteiger partial charge >= 0.3 is 0 Å². The van der Waals surface area contributed by atoms with Crippen molar-refractivity contribution < 1.29 is 4.39 Å². The predicted molar refractivity (Wildman–Crippen MR) is 58.8 cm³/mol. The highest BCUT2D eigenvalue weighted by molar-refractivity contribution is 5.39. The minimum atomic E-state index is -1.17. The molecule has 80 valence electrons. The first-order valence-electron chi connectivity index (χ1n) is 4.88. The Morgan fingerprint density at radius 3 is 2.31 bits per heavy atom. The van der Waals surface area contributed by atoms with Gasteiger partial charge in [-0.25, -0.2) is 4.39 Å². The Bertz CT molecular complexity index is 447. The minimum absolute atomic E-state index is 0.00131. The van der Waals surface area contributed by atoms with Gasteiger partial charge in [0.15, 0.2) is 0 Å². The van der Waals surface area contributed by atoms with Crippen LogP contribution in [0.25, 0.3) is 0 Å². The lowest BCUT2D eigenvalue weighted by atomic mass is 10.0. The number of allylic oxidation sites excluding steroid dienone is 2. The van der Waals surface area contributed by atoms with Crippen LogP contribution in [-0.4, -0.2) is 0 Å². The number of nitrogens with zero attached hydrogens (tertiary/aromatic N) is 2. The quantitative estimate of drug-likeness (QED) is 0.723. The molecule has 0 spiro atoms. The smallest absolute Gasteiger partial charge is 0.129 e. The molecule has 3 heteroatoms. The van der Waals surface area contributed by atoms with E-state index in [9.17, 15) is 4.39 Å². The maximum Gasteiger partial charge on any atom is 0.129 e. The third-order valence-electron chi connectivity index (χ3n) is 2.30. The van der Waals surface area contributed by atoms with Gasteiger partial charge in [-0.2, -0.15) is 10.5 Å². The lowest BCUT2D eigenvalue weighted by Crippen LogP contribution is -1.94. The summed E-state index contributed by atoms with van der Waals surface area (Å²) in [6, 6.07) is 12.2. The van der Waals surface area contributed by atoms with Crippen LogP contribution < -0.4 is 0 Å². The maximum atomic E-state index is 13.8. The van der Waals surface area contributed by atoms with Gasteiger partial charge < -0.3 is 0 Å². The lowest BCUT2D eigenvalue weighted by molar-refractivity contribution is 0.341. The average Bonchev–Trinajstić information content (AvgIpc) is 2.31. The van der Waals surface area contributed by atoms with Crippen molar-refractivity contribution in [3.8, 4) is 12.1 Å². The molecule has 0 aliphatic rings. The van der Waals surface area contributed by atoms with Gasteiger partial charge in [0.1, 0.15) is 23.9 Å². The summed E-state index contributed by atoms with van der Waals surface area (Å²) < 4.78 is 13.8. The first kappa shape index (κ1) is 11.9. The molecule has 0 fully saturated rings. The van der Waals surface area contributed by atoms with Crippen LogP contribution in [0, 0.1) is 22.7 Å². The highest BCUT2D eigenvalue weighted by Crippen LogP contribution is 2.25. The fourth-order valence-electron chi connectivity index (χ4n) is 1.37. The summed E-state index contributed by atoms with van der Waals surface area (Å²) in [6.07, 6.45) is -1.08. The number of alkyl halides is 1. The standard InChI is InChI=1S/C13H11FN2/c1-10(12(8-15)9-16)7-13(14)11-5-3-2-4-6-11/h2-6,13H,7H2,1H3. The molecule has 0 amide bonds. The fourth-order valence-corrected chi connectivity index (χ4v) is 1.37. The molecule has 0 aromatic heterocycles. The van der Waals surface area contributed by atoms with Crippen LogP contribution in [0.5, 0.6) is 0 Å². The molecule has 1 rings (SSSR count). The molecule has 1 atom stereocenters. The first-order valence-corrected chi connectivity index (χ1v) is 4.88. The molecular formula is C13H11FN2. The van der Waals surface area contributed by atoms with Gasteiger partial charge in [-0.1, -0.05) is 30.3 Å². The number of hydrogen-bond donors (Lipinski definition) is 0. The second kappa shape index (κ2) is 5.68. The van der Waals surface area contributed by atoms with Crippen LogP contribution in [0.4, 0.5) is 4.39 Å². The van der Waals surface area contributed by atoms with Crippen molar-refractivity contribution in [2.75, 3.05) is 0 Å². The number of benzene rings is 1. The molecule has 0 saturated carbocycles. The highest BCUT2D eigenvalue weighted by Gasteiger charge is 2.12. The number of rotatable bonds is 3. The molecule has 0 N–H and O–H groups in total. The summed E-state index contributed by atoms with van der Waals surface area (Å²) in [7, 11) is 0. The largest absolute Gasteiger partial charge is 0.242 e. The highest BCUT2D eigenvalue weighted by atomic mass is 19.1. The van der Waals surface area contributed by atoms with Crippen molar-refractivity contribution in [3.63, 3.8) is 0 Å². The molecule has 1 unspecified atom stereocenters. The first-order chi connectivity index (χ1) is 7.69. The van der Waals surface area contributed by atoms with E-state index in [-0.39, 0.29) is 12.0 Å². The molecule has 1 aromatic carbocycles. The van der Waals surface area contributed by atoms with Gasteiger partial charge in [0.25, 0.3) is 0 Å².